The molecule has 2 aromatic carbocycles. The second-order valence-corrected chi connectivity index (χ2v) is 6.20. The molecule has 0 aliphatic rings. The van der Waals surface area contributed by atoms with Crippen LogP contribution in [0.25, 0.3) is 11.8 Å². The number of aromatic nitrogens is 3. The molecule has 29 heavy (non-hydrogen) atoms. The van der Waals surface area contributed by atoms with Crippen molar-refractivity contribution in [3.8, 4) is 11.4 Å². The van der Waals surface area contributed by atoms with Gasteiger partial charge >= 0.3 is 5.97 Å². The van der Waals surface area contributed by atoms with E-state index in [1.807, 2.05) is 6.07 Å². The SMILES string of the molecule is COc1cccc(/C=C/C(=O)OCC(=O)Nc2cc(Cl)ccc2-n2cncn2)c1. The van der Waals surface area contributed by atoms with Crippen LogP contribution < -0.4 is 10.1 Å². The van der Waals surface area contributed by atoms with Crippen LogP contribution in [0.15, 0.2) is 61.2 Å². The van der Waals surface area contributed by atoms with Crippen molar-refractivity contribution in [3.63, 3.8) is 0 Å². The van der Waals surface area contributed by atoms with Gasteiger partial charge < -0.3 is 14.8 Å². The van der Waals surface area contributed by atoms with Gasteiger partial charge in [-0.1, -0.05) is 23.7 Å². The van der Waals surface area contributed by atoms with E-state index >= 15 is 0 Å². The maximum atomic E-state index is 12.2. The van der Waals surface area contributed by atoms with Crippen LogP contribution in [0, 0.1) is 0 Å². The highest BCUT2D eigenvalue weighted by molar-refractivity contribution is 6.31. The minimum atomic E-state index is -0.648. The average molecular weight is 413 g/mol. The predicted octanol–water partition coefficient (Wildman–Crippen LogP) is 3.12. The molecule has 9 heteroatoms. The molecule has 1 amide bonds. The lowest BCUT2D eigenvalue weighted by Crippen LogP contribution is -2.21. The molecule has 0 unspecified atom stereocenters. The van der Waals surface area contributed by atoms with E-state index < -0.39 is 18.5 Å². The van der Waals surface area contributed by atoms with Gasteiger partial charge in [-0.25, -0.2) is 14.5 Å². The second-order valence-electron chi connectivity index (χ2n) is 5.77. The fourth-order valence-electron chi connectivity index (χ4n) is 2.42. The van der Waals surface area contributed by atoms with E-state index in [4.69, 9.17) is 21.1 Å². The van der Waals surface area contributed by atoms with Crippen molar-refractivity contribution in [2.24, 2.45) is 0 Å². The number of benzene rings is 2. The Morgan fingerprint density at radius 3 is 2.86 bits per heavy atom. The third kappa shape index (κ3) is 5.66. The number of methoxy groups -OCH3 is 1. The minimum Gasteiger partial charge on any atom is -0.497 e. The fourth-order valence-corrected chi connectivity index (χ4v) is 2.59. The quantitative estimate of drug-likeness (QED) is 0.473. The summed E-state index contributed by atoms with van der Waals surface area (Å²) in [5.74, 6) is -0.494. The maximum Gasteiger partial charge on any atom is 0.331 e. The monoisotopic (exact) mass is 412 g/mol. The zero-order chi connectivity index (χ0) is 20.6. The van der Waals surface area contributed by atoms with E-state index in [0.29, 0.717) is 22.1 Å². The van der Waals surface area contributed by atoms with Crippen LogP contribution in [0.4, 0.5) is 5.69 Å². The molecule has 3 rings (SSSR count). The number of hydrogen-bond donors (Lipinski definition) is 1. The lowest BCUT2D eigenvalue weighted by atomic mass is 10.2. The smallest absolute Gasteiger partial charge is 0.331 e. The van der Waals surface area contributed by atoms with Gasteiger partial charge in [0.1, 0.15) is 18.4 Å². The van der Waals surface area contributed by atoms with Crippen molar-refractivity contribution in [2.75, 3.05) is 19.0 Å². The van der Waals surface area contributed by atoms with Gasteiger partial charge in [-0.05, 0) is 42.0 Å². The first kappa shape index (κ1) is 20.1. The number of carbonyl (C=O) groups excluding carboxylic acids is 2. The number of esters is 1. The summed E-state index contributed by atoms with van der Waals surface area (Å²) in [6, 6.07) is 12.1. The molecule has 0 aliphatic carbocycles. The summed E-state index contributed by atoms with van der Waals surface area (Å²) >= 11 is 6.01. The van der Waals surface area contributed by atoms with Crippen molar-refractivity contribution >= 4 is 35.2 Å². The van der Waals surface area contributed by atoms with Gasteiger partial charge in [0.15, 0.2) is 6.61 Å². The summed E-state index contributed by atoms with van der Waals surface area (Å²) in [5.41, 5.74) is 1.75. The molecule has 8 nitrogen and oxygen atoms in total. The molecule has 1 aromatic heterocycles. The Balaban J connectivity index is 1.58. The van der Waals surface area contributed by atoms with E-state index in [1.165, 1.54) is 23.4 Å². The minimum absolute atomic E-state index is 0.413. The molecule has 148 valence electrons. The summed E-state index contributed by atoms with van der Waals surface area (Å²) in [6.45, 7) is -0.454. The van der Waals surface area contributed by atoms with Crippen LogP contribution in [0.2, 0.25) is 5.02 Å². The highest BCUT2D eigenvalue weighted by Gasteiger charge is 2.11. The third-order valence-electron chi connectivity index (χ3n) is 3.75. The Hall–Kier alpha value is -3.65. The fraction of sp³-hybridized carbons (Fsp3) is 0.100. The Bertz CT molecular complexity index is 1030. The molecule has 0 spiro atoms. The van der Waals surface area contributed by atoms with Crippen molar-refractivity contribution in [1.29, 1.82) is 0 Å². The summed E-state index contributed by atoms with van der Waals surface area (Å²) in [6.07, 6.45) is 5.67. The average Bonchev–Trinajstić information content (AvgIpc) is 3.25. The summed E-state index contributed by atoms with van der Waals surface area (Å²) in [5, 5.41) is 7.12. The number of halogens is 1. The number of rotatable bonds is 7. The maximum absolute atomic E-state index is 12.2. The molecular formula is C20H17ClN4O4. The Kier molecular flexibility index (Phi) is 6.59. The van der Waals surface area contributed by atoms with Gasteiger partial charge in [-0.15, -0.1) is 0 Å². The molecular weight excluding hydrogens is 396 g/mol. The van der Waals surface area contributed by atoms with E-state index in [9.17, 15) is 9.59 Å². The van der Waals surface area contributed by atoms with Gasteiger partial charge in [0.25, 0.3) is 5.91 Å². The highest BCUT2D eigenvalue weighted by Crippen LogP contribution is 2.23. The largest absolute Gasteiger partial charge is 0.497 e. The van der Waals surface area contributed by atoms with Gasteiger partial charge in [-0.2, -0.15) is 5.10 Å². The molecule has 0 atom stereocenters. The summed E-state index contributed by atoms with van der Waals surface area (Å²) in [4.78, 5) is 27.9. The van der Waals surface area contributed by atoms with Crippen molar-refractivity contribution in [2.45, 2.75) is 0 Å². The molecule has 0 radical (unpaired) electrons. The topological polar surface area (TPSA) is 95.3 Å². The van der Waals surface area contributed by atoms with Crippen LogP contribution in [0.5, 0.6) is 5.75 Å². The number of amides is 1. The normalized spacial score (nSPS) is 10.7. The number of ether oxygens (including phenoxy) is 2. The molecule has 3 aromatic rings. The first-order valence-corrected chi connectivity index (χ1v) is 8.86. The van der Waals surface area contributed by atoms with Crippen molar-refractivity contribution in [3.05, 3.63) is 71.8 Å². The molecule has 0 fully saturated rings. The molecule has 1 heterocycles. The first-order chi connectivity index (χ1) is 14.0. The van der Waals surface area contributed by atoms with Gasteiger partial charge in [0.05, 0.1) is 18.5 Å². The van der Waals surface area contributed by atoms with Crippen LogP contribution in [-0.4, -0.2) is 40.4 Å². The van der Waals surface area contributed by atoms with E-state index in [-0.39, 0.29) is 0 Å². The van der Waals surface area contributed by atoms with Crippen LogP contribution in [0.3, 0.4) is 0 Å². The van der Waals surface area contributed by atoms with Crippen LogP contribution in [0.1, 0.15) is 5.56 Å². The Morgan fingerprint density at radius 1 is 1.24 bits per heavy atom. The number of nitrogens with zero attached hydrogens (tertiary/aromatic N) is 3. The number of nitrogens with one attached hydrogen (secondary N) is 1. The lowest BCUT2D eigenvalue weighted by Gasteiger charge is -2.11. The van der Waals surface area contributed by atoms with Gasteiger partial charge in [0.2, 0.25) is 0 Å². The van der Waals surface area contributed by atoms with Crippen LogP contribution >= 0.6 is 11.6 Å². The number of anilines is 1. The Morgan fingerprint density at radius 2 is 2.10 bits per heavy atom. The van der Waals surface area contributed by atoms with E-state index in [1.54, 1.807) is 49.6 Å². The highest BCUT2D eigenvalue weighted by atomic mass is 35.5. The lowest BCUT2D eigenvalue weighted by molar-refractivity contribution is -0.142. The van der Waals surface area contributed by atoms with Crippen molar-refractivity contribution < 1.29 is 19.1 Å². The third-order valence-corrected chi connectivity index (χ3v) is 3.98. The van der Waals surface area contributed by atoms with Crippen molar-refractivity contribution in [1.82, 2.24) is 14.8 Å². The van der Waals surface area contributed by atoms with Crippen LogP contribution in [-0.2, 0) is 14.3 Å². The number of hydrogen-bond acceptors (Lipinski definition) is 6. The summed E-state index contributed by atoms with van der Waals surface area (Å²) in [7, 11) is 1.56. The molecule has 0 aliphatic heterocycles. The van der Waals surface area contributed by atoms with E-state index in [2.05, 4.69) is 15.4 Å². The predicted molar refractivity (Wildman–Crippen MR) is 108 cm³/mol. The van der Waals surface area contributed by atoms with Gasteiger partial charge in [-0.3, -0.25) is 4.79 Å². The first-order valence-electron chi connectivity index (χ1n) is 8.48. The van der Waals surface area contributed by atoms with E-state index in [0.717, 1.165) is 5.56 Å². The molecule has 1 N–H and O–H groups in total. The number of carbonyl (C=O) groups is 2. The molecule has 0 bridgehead atoms. The summed E-state index contributed by atoms with van der Waals surface area (Å²) < 4.78 is 11.6. The molecule has 0 saturated carbocycles. The van der Waals surface area contributed by atoms with Gasteiger partial charge in [0, 0.05) is 11.1 Å². The standard InChI is InChI=1S/C20H17ClN4O4/c1-28-16-4-2-3-14(9-16)5-8-20(27)29-11-19(26)24-17-10-15(21)6-7-18(17)25-13-22-12-23-25/h2-10,12-13H,11H2,1H3,(H,24,26)/b8-5+. The molecule has 0 saturated heterocycles. The zero-order valence-corrected chi connectivity index (χ0v) is 16.2. The zero-order valence-electron chi connectivity index (χ0n) is 15.4. The second kappa shape index (κ2) is 9.52. The Labute approximate surface area is 171 Å².